The number of aromatic hydroxyl groups is 5. The molecule has 0 saturated carbocycles. The number of aryl methyl sites for hydroxylation is 1. The van der Waals surface area contributed by atoms with Gasteiger partial charge in [-0.3, -0.25) is 9.36 Å². The van der Waals surface area contributed by atoms with Crippen LogP contribution in [0.4, 0.5) is 0 Å². The van der Waals surface area contributed by atoms with Gasteiger partial charge in [0.25, 0.3) is 0 Å². The fourth-order valence-electron chi connectivity index (χ4n) is 12.0. The Morgan fingerprint density at radius 2 is 0.905 bits per heavy atom. The number of phenolic OH excluding ortho intramolecular Hbond substituents is 5. The SMILES string of the molecule is Cn1c(-c2ccccc2O)nc2ccccc21.O=c1cccc2ccc3ccc[nH]c3c12.Oc1cccc2ccc(/C=C/c3ccccc3)nc12.Oc1ccccc1-c1nc2ccccc2n1-c1ccccc1.Oc1ccccc1-c1nc2ccccc2o1.Oc1ccccc1-c1nc2ccccc2s1. The van der Waals surface area contributed by atoms with E-state index in [-0.39, 0.29) is 34.2 Å². The fourth-order valence-corrected chi connectivity index (χ4v) is 13.0. The molecule has 0 fully saturated rings. The number of fused-ring (bicyclic) bond motifs is 8. The minimum absolute atomic E-state index is 0.0700. The summed E-state index contributed by atoms with van der Waals surface area (Å²) in [4.78, 5) is 37.4. The number of hydrogen-bond acceptors (Lipinski definition) is 13. The van der Waals surface area contributed by atoms with Crippen LogP contribution in [0.1, 0.15) is 11.3 Å². The lowest BCUT2D eigenvalue weighted by molar-refractivity contribution is 0.474. The average Bonchev–Trinajstić information content (AvgIpc) is 1.73. The van der Waals surface area contributed by atoms with Crippen molar-refractivity contribution in [2.75, 3.05) is 0 Å². The monoisotopic (exact) mass is 1390 g/mol. The maximum absolute atomic E-state index is 11.8. The molecule has 0 unspecified atom stereocenters. The molecule has 0 aliphatic carbocycles. The van der Waals surface area contributed by atoms with Crippen molar-refractivity contribution in [3.63, 3.8) is 0 Å². The minimum Gasteiger partial charge on any atom is -0.507 e. The first-order valence-corrected chi connectivity index (χ1v) is 34.4. The number of nitrogens with zero attached hydrogens (tertiary/aromatic N) is 7. The molecule has 0 radical (unpaired) electrons. The first kappa shape index (κ1) is 67.9. The number of aromatic amines is 1. The smallest absolute Gasteiger partial charge is 0.231 e. The molecule has 13 aromatic carbocycles. The van der Waals surface area contributed by atoms with Gasteiger partial charge in [0.2, 0.25) is 5.89 Å². The van der Waals surface area contributed by atoms with E-state index in [4.69, 9.17) is 9.40 Å². The van der Waals surface area contributed by atoms with Crippen molar-refractivity contribution in [3.8, 4) is 79.2 Å². The number of benzene rings is 13. The van der Waals surface area contributed by atoms with Gasteiger partial charge in [-0.1, -0.05) is 200 Å². The number of thiazole rings is 1. The zero-order valence-corrected chi connectivity index (χ0v) is 57.3. The van der Waals surface area contributed by atoms with Crippen LogP contribution in [0.2, 0.25) is 0 Å². The van der Waals surface area contributed by atoms with Crippen molar-refractivity contribution in [2.24, 2.45) is 7.05 Å². The van der Waals surface area contributed by atoms with E-state index >= 15 is 0 Å². The van der Waals surface area contributed by atoms with Gasteiger partial charge in [-0.25, -0.2) is 24.9 Å². The van der Waals surface area contributed by atoms with Gasteiger partial charge in [0.15, 0.2) is 11.0 Å². The van der Waals surface area contributed by atoms with Crippen molar-refractivity contribution in [1.82, 2.24) is 39.0 Å². The Labute approximate surface area is 606 Å². The Hall–Kier alpha value is -14.2. The van der Waals surface area contributed by atoms with Crippen LogP contribution >= 0.6 is 11.3 Å². The number of nitrogens with one attached hydrogen (secondary N) is 1. The third kappa shape index (κ3) is 15.4. The summed E-state index contributed by atoms with van der Waals surface area (Å²) >= 11 is 1.59. The van der Waals surface area contributed by atoms with Crippen LogP contribution in [0.5, 0.6) is 28.7 Å². The molecule has 105 heavy (non-hydrogen) atoms. The van der Waals surface area contributed by atoms with Crippen LogP contribution in [0, 0.1) is 0 Å². The van der Waals surface area contributed by atoms with Gasteiger partial charge in [0, 0.05) is 24.3 Å². The number of rotatable bonds is 7. The number of imidazole rings is 2. The van der Waals surface area contributed by atoms with Crippen molar-refractivity contribution >= 4 is 99.5 Å². The van der Waals surface area contributed by atoms with E-state index in [1.807, 2.05) is 303 Å². The Balaban J connectivity index is 0.000000107. The summed E-state index contributed by atoms with van der Waals surface area (Å²) in [5.41, 5.74) is 13.9. The lowest BCUT2D eigenvalue weighted by Crippen LogP contribution is -1.99. The highest BCUT2D eigenvalue weighted by molar-refractivity contribution is 7.21. The molecule has 0 amide bonds. The maximum Gasteiger partial charge on any atom is 0.231 e. The molecule has 0 saturated heterocycles. The van der Waals surface area contributed by atoms with E-state index in [0.717, 1.165) is 121 Å². The number of pyridine rings is 2. The third-order valence-electron chi connectivity index (χ3n) is 17.1. The average molecular weight is 1390 g/mol. The highest BCUT2D eigenvalue weighted by Gasteiger charge is 2.18. The van der Waals surface area contributed by atoms with Crippen LogP contribution in [0.15, 0.2) is 343 Å². The van der Waals surface area contributed by atoms with E-state index in [1.165, 1.54) is 0 Å². The summed E-state index contributed by atoms with van der Waals surface area (Å²) in [5, 5.41) is 53.9. The normalized spacial score (nSPS) is 10.9. The summed E-state index contributed by atoms with van der Waals surface area (Å²) in [7, 11) is 1.96. The molecule has 15 nitrogen and oxygen atoms in total. The fraction of sp³-hybridized carbons (Fsp3) is 0.0112. The van der Waals surface area contributed by atoms with Crippen molar-refractivity contribution in [1.29, 1.82) is 0 Å². The molecule has 510 valence electrons. The summed E-state index contributed by atoms with van der Waals surface area (Å²) in [6, 6.07) is 103. The first-order valence-electron chi connectivity index (χ1n) is 33.6. The maximum atomic E-state index is 11.8. The van der Waals surface area contributed by atoms with Crippen LogP contribution in [-0.4, -0.2) is 64.6 Å². The van der Waals surface area contributed by atoms with Gasteiger partial charge in [-0.2, -0.15) is 0 Å². The molecule has 0 aliphatic heterocycles. The molecule has 6 N–H and O–H groups in total. The number of aromatic nitrogens is 8. The predicted octanol–water partition coefficient (Wildman–Crippen LogP) is 21.0. The highest BCUT2D eigenvalue weighted by atomic mass is 32.1. The molecular weight excluding hydrogens is 1330 g/mol. The minimum atomic E-state index is 0.0700. The number of para-hydroxylation sites is 13. The van der Waals surface area contributed by atoms with Gasteiger partial charge in [-0.05, 0) is 156 Å². The second-order valence-electron chi connectivity index (χ2n) is 24.0. The topological polar surface area (TPSA) is 221 Å². The summed E-state index contributed by atoms with van der Waals surface area (Å²) < 4.78 is 10.8. The molecule has 6 heterocycles. The molecule has 19 aromatic rings. The Kier molecular flexibility index (Phi) is 20.4. The van der Waals surface area contributed by atoms with E-state index in [0.29, 0.717) is 17.0 Å². The van der Waals surface area contributed by atoms with Crippen molar-refractivity contribution in [2.45, 2.75) is 0 Å². The Morgan fingerprint density at radius 1 is 0.390 bits per heavy atom. The van der Waals surface area contributed by atoms with E-state index in [1.54, 1.807) is 65.9 Å². The van der Waals surface area contributed by atoms with E-state index in [2.05, 4.69) is 29.5 Å². The Morgan fingerprint density at radius 3 is 1.58 bits per heavy atom. The van der Waals surface area contributed by atoms with Crippen molar-refractivity contribution in [3.05, 3.63) is 355 Å². The van der Waals surface area contributed by atoms with Crippen LogP contribution in [-0.2, 0) is 7.05 Å². The number of oxazole rings is 1. The first-order chi connectivity index (χ1) is 51.5. The zero-order valence-electron chi connectivity index (χ0n) is 56.5. The lowest BCUT2D eigenvalue weighted by atomic mass is 10.1. The molecule has 6 aromatic heterocycles. The van der Waals surface area contributed by atoms with Crippen molar-refractivity contribution < 1.29 is 29.9 Å². The molecule has 0 aliphatic rings. The highest BCUT2D eigenvalue weighted by Crippen LogP contribution is 2.37. The van der Waals surface area contributed by atoms with Gasteiger partial charge >= 0.3 is 0 Å². The largest absolute Gasteiger partial charge is 0.507 e. The molecule has 0 spiro atoms. The molecule has 0 atom stereocenters. The summed E-state index contributed by atoms with van der Waals surface area (Å²) in [6.45, 7) is 0. The van der Waals surface area contributed by atoms with Crippen LogP contribution in [0.25, 0.3) is 139 Å². The molecule has 0 bridgehead atoms. The van der Waals surface area contributed by atoms with E-state index in [9.17, 15) is 30.3 Å². The molecule has 16 heteroatoms. The van der Waals surface area contributed by atoms with Gasteiger partial charge < -0.3 is 39.5 Å². The predicted molar refractivity (Wildman–Crippen MR) is 425 cm³/mol. The third-order valence-corrected chi connectivity index (χ3v) is 18.2. The van der Waals surface area contributed by atoms with Gasteiger partial charge in [0.1, 0.15) is 56.4 Å². The van der Waals surface area contributed by atoms with Gasteiger partial charge in [-0.15, -0.1) is 11.3 Å². The zero-order chi connectivity index (χ0) is 72.0. The van der Waals surface area contributed by atoms with Gasteiger partial charge in [0.05, 0.1) is 71.1 Å². The standard InChI is InChI=1S/C19H14N2O.C17H13NO.C14H12N2O.C13H9NO2.C13H9NOS.C13H9NO/c22-18-13-7-4-10-15(18)19-20-16-11-5-6-12-17(16)21(19)14-8-2-1-3-9-14;19-16-8-4-7-14-10-12-15(18-17(14)16)11-9-13-5-2-1-3-6-13;1-16-12-8-4-3-7-11(12)15-14(16)10-6-2-5-9-13(10)17;2*15-11-7-3-1-5-9(11)13-14-10-6-2-4-8-12(10)16-13;15-11-5-1-3-9-6-7-10-4-2-8-14-13(10)12(9)11/h1-13,22H;1-12,19H;2-9,17H,1H3;2*1-8,15H;1-8,14H/b;11-9+;;;;. The number of hydrogen-bond donors (Lipinski definition) is 6. The Bertz CT molecular complexity index is 6140. The number of H-pyrrole nitrogens is 1. The number of phenols is 5. The molecular formula is C89H66N8O7S. The van der Waals surface area contributed by atoms with Crippen LogP contribution in [0.3, 0.4) is 0 Å². The second-order valence-corrected chi connectivity index (χ2v) is 25.0. The summed E-state index contributed by atoms with van der Waals surface area (Å²) in [5.74, 6) is 3.12. The molecule has 19 rings (SSSR count). The summed E-state index contributed by atoms with van der Waals surface area (Å²) in [6.07, 6.45) is 5.80. The quantitative estimate of drug-likeness (QED) is 0.0821. The van der Waals surface area contributed by atoms with Crippen LogP contribution < -0.4 is 5.43 Å². The second kappa shape index (κ2) is 31.5. The lowest BCUT2D eigenvalue weighted by Gasteiger charge is -2.10. The van der Waals surface area contributed by atoms with E-state index < -0.39 is 0 Å².